The Morgan fingerprint density at radius 2 is 2.17 bits per heavy atom. The molecule has 24 heavy (non-hydrogen) atoms. The summed E-state index contributed by atoms with van der Waals surface area (Å²) in [5.74, 6) is -0.234. The minimum Gasteiger partial charge on any atom is -0.359 e. The number of aromatic nitrogens is 1. The number of thiazole rings is 1. The molecule has 1 aliphatic heterocycles. The van der Waals surface area contributed by atoms with Crippen LogP contribution in [-0.2, 0) is 17.8 Å². The number of hydrogen-bond acceptors (Lipinski definition) is 6. The van der Waals surface area contributed by atoms with Crippen LogP contribution < -0.4 is 16.4 Å². The number of nitrogens with one attached hydrogen (secondary N) is 2. The van der Waals surface area contributed by atoms with Crippen molar-refractivity contribution in [1.29, 1.82) is 0 Å². The number of rotatable bonds is 3. The monoisotopic (exact) mass is 351 g/mol. The maximum atomic E-state index is 12.6. The number of carbonyl (C=O) groups is 2. The van der Waals surface area contributed by atoms with Crippen molar-refractivity contribution in [2.24, 2.45) is 11.7 Å². The Bertz CT molecular complexity index is 632. The number of carbonyl (C=O) groups excluding carboxylic acids is 2. The molecule has 0 saturated heterocycles. The summed E-state index contributed by atoms with van der Waals surface area (Å²) in [4.78, 5) is 32.3. The molecule has 2 aliphatic rings. The van der Waals surface area contributed by atoms with Crippen LogP contribution in [0.5, 0.6) is 0 Å². The van der Waals surface area contributed by atoms with Crippen molar-refractivity contribution in [2.45, 2.75) is 44.3 Å². The highest BCUT2D eigenvalue weighted by Gasteiger charge is 2.33. The van der Waals surface area contributed by atoms with Crippen LogP contribution in [0.3, 0.4) is 0 Å². The Kier molecular flexibility index (Phi) is 5.17. The number of amides is 2. The molecule has 4 N–H and O–H groups in total. The van der Waals surface area contributed by atoms with Crippen molar-refractivity contribution in [3.63, 3.8) is 0 Å². The van der Waals surface area contributed by atoms with Gasteiger partial charge in [0, 0.05) is 49.4 Å². The molecule has 0 unspecified atom stereocenters. The van der Waals surface area contributed by atoms with E-state index < -0.39 is 0 Å². The fourth-order valence-electron chi connectivity index (χ4n) is 3.45. The summed E-state index contributed by atoms with van der Waals surface area (Å²) in [5.41, 5.74) is 7.20. The maximum Gasteiger partial charge on any atom is 0.280 e. The van der Waals surface area contributed by atoms with Gasteiger partial charge in [-0.05, 0) is 26.3 Å². The lowest BCUT2D eigenvalue weighted by molar-refractivity contribution is -0.125. The molecule has 7 nitrogen and oxygen atoms in total. The molecule has 2 heterocycles. The number of nitrogens with zero attached hydrogens (tertiary/aromatic N) is 2. The summed E-state index contributed by atoms with van der Waals surface area (Å²) in [6.45, 7) is 1.82. The smallest absolute Gasteiger partial charge is 0.280 e. The molecule has 1 saturated carbocycles. The quantitative estimate of drug-likeness (QED) is 0.717. The van der Waals surface area contributed by atoms with Crippen LogP contribution in [0.2, 0.25) is 0 Å². The van der Waals surface area contributed by atoms with Gasteiger partial charge in [0.2, 0.25) is 5.91 Å². The number of fused-ring (bicyclic) bond motifs is 1. The van der Waals surface area contributed by atoms with Gasteiger partial charge in [0.15, 0.2) is 5.01 Å². The Morgan fingerprint density at radius 1 is 1.38 bits per heavy atom. The lowest BCUT2D eigenvalue weighted by Gasteiger charge is -2.33. The van der Waals surface area contributed by atoms with Crippen molar-refractivity contribution in [2.75, 3.05) is 20.6 Å². The Balaban J connectivity index is 1.66. The third-order valence-corrected chi connectivity index (χ3v) is 6.03. The molecular weight excluding hydrogens is 326 g/mol. The van der Waals surface area contributed by atoms with Gasteiger partial charge in [-0.3, -0.25) is 9.59 Å². The Hall–Kier alpha value is -1.51. The molecule has 1 aromatic heterocycles. The predicted octanol–water partition coefficient (Wildman–Crippen LogP) is 0.103. The third-order valence-electron chi connectivity index (χ3n) is 4.95. The molecule has 132 valence electrons. The van der Waals surface area contributed by atoms with Gasteiger partial charge in [0.1, 0.15) is 0 Å². The van der Waals surface area contributed by atoms with Crippen molar-refractivity contribution in [3.8, 4) is 0 Å². The molecule has 0 bridgehead atoms. The van der Waals surface area contributed by atoms with Crippen LogP contribution in [0.25, 0.3) is 0 Å². The van der Waals surface area contributed by atoms with Gasteiger partial charge < -0.3 is 21.3 Å². The summed E-state index contributed by atoms with van der Waals surface area (Å²) in [7, 11) is 3.71. The zero-order valence-electron chi connectivity index (χ0n) is 14.2. The predicted molar refractivity (Wildman–Crippen MR) is 92.8 cm³/mol. The first-order valence-corrected chi connectivity index (χ1v) is 9.24. The van der Waals surface area contributed by atoms with E-state index in [4.69, 9.17) is 5.73 Å². The highest BCUT2D eigenvalue weighted by Crippen LogP contribution is 2.26. The molecule has 1 fully saturated rings. The fourth-order valence-corrected chi connectivity index (χ4v) is 4.54. The molecule has 3 rings (SSSR count). The van der Waals surface area contributed by atoms with Crippen LogP contribution in [0.1, 0.15) is 39.6 Å². The summed E-state index contributed by atoms with van der Waals surface area (Å²) >= 11 is 1.46. The number of likely N-dealkylation sites (N-methyl/N-ethyl adjacent to an activating group) is 1. The van der Waals surface area contributed by atoms with Gasteiger partial charge in [-0.15, -0.1) is 11.3 Å². The highest BCUT2D eigenvalue weighted by molar-refractivity contribution is 7.13. The Labute approximate surface area is 146 Å². The largest absolute Gasteiger partial charge is 0.359 e. The first kappa shape index (κ1) is 17.3. The normalized spacial score (nSPS) is 27.4. The zero-order chi connectivity index (χ0) is 17.3. The average Bonchev–Trinajstić information content (AvgIpc) is 2.99. The molecule has 1 aliphatic carbocycles. The maximum absolute atomic E-state index is 12.6. The van der Waals surface area contributed by atoms with Gasteiger partial charge in [-0.25, -0.2) is 4.98 Å². The van der Waals surface area contributed by atoms with Crippen molar-refractivity contribution in [1.82, 2.24) is 20.5 Å². The lowest BCUT2D eigenvalue weighted by atomic mass is 9.82. The van der Waals surface area contributed by atoms with Gasteiger partial charge in [-0.1, -0.05) is 0 Å². The molecule has 0 spiro atoms. The second-order valence-corrected chi connectivity index (χ2v) is 7.83. The van der Waals surface area contributed by atoms with Gasteiger partial charge >= 0.3 is 0 Å². The van der Waals surface area contributed by atoms with E-state index >= 15 is 0 Å². The molecule has 0 radical (unpaired) electrons. The lowest BCUT2D eigenvalue weighted by Crippen LogP contribution is -2.52. The second kappa shape index (κ2) is 7.16. The summed E-state index contributed by atoms with van der Waals surface area (Å²) < 4.78 is 0. The van der Waals surface area contributed by atoms with Crippen LogP contribution in [0.15, 0.2) is 0 Å². The molecular formula is C16H25N5O2S. The molecule has 2 amide bonds. The summed E-state index contributed by atoms with van der Waals surface area (Å²) in [5, 5.41) is 6.19. The van der Waals surface area contributed by atoms with E-state index in [1.54, 1.807) is 7.05 Å². The van der Waals surface area contributed by atoms with E-state index in [9.17, 15) is 9.59 Å². The first-order valence-electron chi connectivity index (χ1n) is 8.43. The van der Waals surface area contributed by atoms with E-state index in [0.29, 0.717) is 11.4 Å². The minimum absolute atomic E-state index is 0.0221. The van der Waals surface area contributed by atoms with E-state index in [-0.39, 0.29) is 29.8 Å². The summed E-state index contributed by atoms with van der Waals surface area (Å²) in [6.07, 6.45) is 2.98. The number of nitrogens with two attached hydrogens (primary N) is 1. The van der Waals surface area contributed by atoms with E-state index in [1.807, 2.05) is 0 Å². The van der Waals surface area contributed by atoms with Crippen LogP contribution in [0, 0.1) is 5.92 Å². The molecule has 3 atom stereocenters. The van der Waals surface area contributed by atoms with E-state index in [2.05, 4.69) is 27.6 Å². The molecule has 8 heteroatoms. The van der Waals surface area contributed by atoms with Crippen LogP contribution in [0.4, 0.5) is 0 Å². The Morgan fingerprint density at radius 3 is 2.92 bits per heavy atom. The number of hydrogen-bond donors (Lipinski definition) is 3. The third kappa shape index (κ3) is 3.60. The van der Waals surface area contributed by atoms with E-state index in [0.717, 1.165) is 38.0 Å². The van der Waals surface area contributed by atoms with E-state index in [1.165, 1.54) is 16.2 Å². The van der Waals surface area contributed by atoms with Gasteiger partial charge in [0.25, 0.3) is 5.91 Å². The van der Waals surface area contributed by atoms with Gasteiger partial charge in [-0.2, -0.15) is 0 Å². The van der Waals surface area contributed by atoms with Crippen molar-refractivity contribution < 1.29 is 9.59 Å². The second-order valence-electron chi connectivity index (χ2n) is 6.74. The first-order chi connectivity index (χ1) is 11.5. The van der Waals surface area contributed by atoms with Gasteiger partial charge in [0.05, 0.1) is 5.69 Å². The SMILES string of the molecule is CNC(=O)[C@H]1CC[C@H](N)[C@H](NC(=O)c2nc3c(s2)CN(C)CC3)C1. The topological polar surface area (TPSA) is 100 Å². The van der Waals surface area contributed by atoms with Crippen LogP contribution in [-0.4, -0.2) is 54.4 Å². The zero-order valence-corrected chi connectivity index (χ0v) is 15.0. The van der Waals surface area contributed by atoms with Crippen LogP contribution >= 0.6 is 11.3 Å². The highest BCUT2D eigenvalue weighted by atomic mass is 32.1. The summed E-state index contributed by atoms with van der Waals surface area (Å²) in [6, 6.07) is -0.298. The minimum atomic E-state index is -0.183. The van der Waals surface area contributed by atoms with Crippen molar-refractivity contribution in [3.05, 3.63) is 15.6 Å². The van der Waals surface area contributed by atoms with Crippen molar-refractivity contribution >= 4 is 23.2 Å². The molecule has 1 aromatic rings. The fraction of sp³-hybridized carbons (Fsp3) is 0.688. The standard InChI is InChI=1S/C16H25N5O2S/c1-18-14(22)9-3-4-10(17)12(7-9)19-15(23)16-20-11-5-6-21(2)8-13(11)24-16/h9-10,12H,3-8,17H2,1-2H3,(H,18,22)(H,19,23)/t9-,10-,12+/m0/s1. The molecule has 0 aromatic carbocycles. The average molecular weight is 351 g/mol.